The highest BCUT2D eigenvalue weighted by atomic mass is 16.5. The summed E-state index contributed by atoms with van der Waals surface area (Å²) in [5.74, 6) is 1.40. The molecule has 5 rings (SSSR count). The molecule has 1 N–H and O–H groups in total. The monoisotopic (exact) mass is 399 g/mol. The SMILES string of the molecule is O=C(NCc1cc(-c2ccccc2)no1)C1CCCN1c1ncnc2ccccc12. The predicted octanol–water partition coefficient (Wildman–Crippen LogP) is 3.57. The molecule has 150 valence electrons. The molecule has 2 aromatic heterocycles. The third kappa shape index (κ3) is 3.50. The van der Waals surface area contributed by atoms with Crippen LogP contribution in [-0.4, -0.2) is 33.6 Å². The summed E-state index contributed by atoms with van der Waals surface area (Å²) in [6, 6.07) is 19.3. The Bertz CT molecular complexity index is 1170. The summed E-state index contributed by atoms with van der Waals surface area (Å²) in [6.45, 7) is 1.09. The molecule has 0 saturated carbocycles. The normalized spacial score (nSPS) is 16.1. The number of anilines is 1. The fourth-order valence-electron chi connectivity index (χ4n) is 3.95. The van der Waals surface area contributed by atoms with Gasteiger partial charge in [-0.1, -0.05) is 47.6 Å². The Labute approximate surface area is 173 Å². The molecule has 30 heavy (non-hydrogen) atoms. The van der Waals surface area contributed by atoms with Crippen LogP contribution in [0.1, 0.15) is 18.6 Å². The van der Waals surface area contributed by atoms with Gasteiger partial charge >= 0.3 is 0 Å². The van der Waals surface area contributed by atoms with Gasteiger partial charge in [-0.25, -0.2) is 9.97 Å². The second-order valence-corrected chi connectivity index (χ2v) is 7.33. The van der Waals surface area contributed by atoms with Gasteiger partial charge in [0.2, 0.25) is 5.91 Å². The molecule has 3 heterocycles. The van der Waals surface area contributed by atoms with Crippen molar-refractivity contribution >= 4 is 22.6 Å². The zero-order valence-corrected chi connectivity index (χ0v) is 16.4. The second kappa shape index (κ2) is 7.94. The number of hydrogen-bond donors (Lipinski definition) is 1. The minimum atomic E-state index is -0.264. The number of para-hydroxylation sites is 1. The molecule has 4 aromatic rings. The lowest BCUT2D eigenvalue weighted by atomic mass is 10.1. The summed E-state index contributed by atoms with van der Waals surface area (Å²) in [5, 5.41) is 8.06. The summed E-state index contributed by atoms with van der Waals surface area (Å²) in [4.78, 5) is 23.8. The van der Waals surface area contributed by atoms with Crippen molar-refractivity contribution in [2.45, 2.75) is 25.4 Å². The molecule has 1 amide bonds. The second-order valence-electron chi connectivity index (χ2n) is 7.33. The van der Waals surface area contributed by atoms with Crippen LogP contribution in [0.5, 0.6) is 0 Å². The number of aromatic nitrogens is 3. The van der Waals surface area contributed by atoms with E-state index in [0.29, 0.717) is 12.3 Å². The standard InChI is InChI=1S/C23H21N5O2/c29-23(24-14-17-13-20(27-30-17)16-7-2-1-3-8-16)21-11-6-12-28(21)22-18-9-4-5-10-19(18)25-15-26-22/h1-5,7-10,13,15,21H,6,11-12,14H2,(H,24,29). The highest BCUT2D eigenvalue weighted by Crippen LogP contribution is 2.29. The Kier molecular flexibility index (Phi) is 4.85. The van der Waals surface area contributed by atoms with E-state index in [4.69, 9.17) is 4.52 Å². The highest BCUT2D eigenvalue weighted by molar-refractivity contribution is 5.93. The van der Waals surface area contributed by atoms with Crippen LogP contribution in [0.2, 0.25) is 0 Å². The van der Waals surface area contributed by atoms with Gasteiger partial charge in [0.1, 0.15) is 23.9 Å². The minimum Gasteiger partial charge on any atom is -0.359 e. The van der Waals surface area contributed by atoms with Crippen molar-refractivity contribution < 1.29 is 9.32 Å². The lowest BCUT2D eigenvalue weighted by Crippen LogP contribution is -2.43. The number of rotatable bonds is 5. The first-order valence-electron chi connectivity index (χ1n) is 10.0. The molecule has 1 aliphatic heterocycles. The van der Waals surface area contributed by atoms with E-state index in [-0.39, 0.29) is 11.9 Å². The van der Waals surface area contributed by atoms with Gasteiger partial charge in [0.25, 0.3) is 0 Å². The molecule has 0 radical (unpaired) electrons. The number of hydrogen-bond acceptors (Lipinski definition) is 6. The Balaban J connectivity index is 1.30. The molecular formula is C23H21N5O2. The van der Waals surface area contributed by atoms with Gasteiger partial charge in [-0.3, -0.25) is 4.79 Å². The molecule has 2 aromatic carbocycles. The third-order valence-corrected chi connectivity index (χ3v) is 5.41. The molecule has 7 nitrogen and oxygen atoms in total. The summed E-state index contributed by atoms with van der Waals surface area (Å²) in [7, 11) is 0. The van der Waals surface area contributed by atoms with E-state index in [2.05, 4.69) is 25.3 Å². The topological polar surface area (TPSA) is 84.2 Å². The summed E-state index contributed by atoms with van der Waals surface area (Å²) >= 11 is 0. The number of amides is 1. The summed E-state index contributed by atoms with van der Waals surface area (Å²) in [5.41, 5.74) is 2.62. The summed E-state index contributed by atoms with van der Waals surface area (Å²) in [6.07, 6.45) is 3.29. The number of nitrogens with zero attached hydrogens (tertiary/aromatic N) is 4. The van der Waals surface area contributed by atoms with Crippen molar-refractivity contribution in [1.82, 2.24) is 20.4 Å². The number of fused-ring (bicyclic) bond motifs is 1. The molecule has 7 heteroatoms. The van der Waals surface area contributed by atoms with Gasteiger partial charge < -0.3 is 14.7 Å². The maximum absolute atomic E-state index is 13.0. The lowest BCUT2D eigenvalue weighted by Gasteiger charge is -2.25. The molecule has 1 saturated heterocycles. The molecule has 1 atom stereocenters. The van der Waals surface area contributed by atoms with Gasteiger partial charge in [0, 0.05) is 23.6 Å². The largest absolute Gasteiger partial charge is 0.359 e. The molecule has 0 spiro atoms. The van der Waals surface area contributed by atoms with Crippen LogP contribution in [0.15, 0.2) is 71.5 Å². The van der Waals surface area contributed by atoms with Crippen LogP contribution in [-0.2, 0) is 11.3 Å². The van der Waals surface area contributed by atoms with Crippen molar-refractivity contribution in [2.75, 3.05) is 11.4 Å². The van der Waals surface area contributed by atoms with Crippen molar-refractivity contribution in [3.05, 3.63) is 72.8 Å². The van der Waals surface area contributed by atoms with Gasteiger partial charge in [0.15, 0.2) is 5.76 Å². The zero-order valence-electron chi connectivity index (χ0n) is 16.4. The predicted molar refractivity (Wildman–Crippen MR) is 114 cm³/mol. The Morgan fingerprint density at radius 2 is 1.93 bits per heavy atom. The van der Waals surface area contributed by atoms with Crippen LogP contribution in [0.4, 0.5) is 5.82 Å². The molecular weight excluding hydrogens is 378 g/mol. The van der Waals surface area contributed by atoms with Crippen LogP contribution in [0, 0.1) is 0 Å². The molecule has 1 fully saturated rings. The van der Waals surface area contributed by atoms with E-state index in [1.165, 1.54) is 0 Å². The van der Waals surface area contributed by atoms with Crippen molar-refractivity contribution in [2.24, 2.45) is 0 Å². The average Bonchev–Trinajstić information content (AvgIpc) is 3.48. The number of nitrogens with one attached hydrogen (secondary N) is 1. The number of carbonyl (C=O) groups is 1. The first kappa shape index (κ1) is 18.3. The zero-order chi connectivity index (χ0) is 20.3. The van der Waals surface area contributed by atoms with Crippen molar-refractivity contribution in [3.63, 3.8) is 0 Å². The molecule has 1 unspecified atom stereocenters. The van der Waals surface area contributed by atoms with Gasteiger partial charge in [-0.2, -0.15) is 0 Å². The van der Waals surface area contributed by atoms with E-state index in [9.17, 15) is 4.79 Å². The van der Waals surface area contributed by atoms with Gasteiger partial charge in [0.05, 0.1) is 12.1 Å². The fraction of sp³-hybridized carbons (Fsp3) is 0.217. The van der Waals surface area contributed by atoms with Crippen LogP contribution >= 0.6 is 0 Å². The van der Waals surface area contributed by atoms with E-state index in [0.717, 1.165) is 47.4 Å². The quantitative estimate of drug-likeness (QED) is 0.552. The number of benzene rings is 2. The van der Waals surface area contributed by atoms with E-state index >= 15 is 0 Å². The Hall–Kier alpha value is -3.74. The molecule has 0 bridgehead atoms. The number of carbonyl (C=O) groups excluding carboxylic acids is 1. The van der Waals surface area contributed by atoms with Crippen molar-refractivity contribution in [1.29, 1.82) is 0 Å². The lowest BCUT2D eigenvalue weighted by molar-refractivity contribution is -0.122. The van der Waals surface area contributed by atoms with Crippen LogP contribution in [0.25, 0.3) is 22.2 Å². The highest BCUT2D eigenvalue weighted by Gasteiger charge is 2.32. The smallest absolute Gasteiger partial charge is 0.243 e. The first-order valence-corrected chi connectivity index (χ1v) is 10.0. The first-order chi connectivity index (χ1) is 14.8. The van der Waals surface area contributed by atoms with Crippen LogP contribution < -0.4 is 10.2 Å². The maximum atomic E-state index is 13.0. The van der Waals surface area contributed by atoms with E-state index < -0.39 is 0 Å². The van der Waals surface area contributed by atoms with E-state index in [1.54, 1.807) is 6.33 Å². The molecule has 0 aliphatic carbocycles. The van der Waals surface area contributed by atoms with Crippen molar-refractivity contribution in [3.8, 4) is 11.3 Å². The summed E-state index contributed by atoms with van der Waals surface area (Å²) < 4.78 is 5.40. The minimum absolute atomic E-state index is 0.0344. The van der Waals surface area contributed by atoms with Crippen LogP contribution in [0.3, 0.4) is 0 Å². The van der Waals surface area contributed by atoms with Gasteiger partial charge in [-0.15, -0.1) is 0 Å². The molecule has 1 aliphatic rings. The van der Waals surface area contributed by atoms with E-state index in [1.807, 2.05) is 60.7 Å². The Morgan fingerprint density at radius 3 is 2.83 bits per heavy atom. The fourth-order valence-corrected chi connectivity index (χ4v) is 3.95. The maximum Gasteiger partial charge on any atom is 0.243 e. The van der Waals surface area contributed by atoms with Gasteiger partial charge in [-0.05, 0) is 25.0 Å². The average molecular weight is 399 g/mol. The Morgan fingerprint density at radius 1 is 1.10 bits per heavy atom. The third-order valence-electron chi connectivity index (χ3n) is 5.41.